The van der Waals surface area contributed by atoms with E-state index in [1.165, 1.54) is 13.8 Å². The number of hydrogen-bond donors (Lipinski definition) is 3. The SMILES string of the molecule is [2H]CC(C)(C)OC(=O)N[C@@H](CC(=O)O)C(N)=O. The van der Waals surface area contributed by atoms with E-state index in [-0.39, 0.29) is 6.90 Å². The summed E-state index contributed by atoms with van der Waals surface area (Å²) < 4.78 is 11.9. The predicted octanol–water partition coefficient (Wildman–Crippen LogP) is -0.160. The molecule has 1 atom stereocenters. The fourth-order valence-electron chi connectivity index (χ4n) is 0.820. The second kappa shape index (κ2) is 5.34. The monoisotopic (exact) mass is 233 g/mol. The quantitative estimate of drug-likeness (QED) is 0.623. The summed E-state index contributed by atoms with van der Waals surface area (Å²) in [6, 6.07) is -1.33. The number of aliphatic carboxylic acids is 1. The maximum atomic E-state index is 11.3. The van der Waals surface area contributed by atoms with Gasteiger partial charge in [0.05, 0.1) is 6.42 Å². The van der Waals surface area contributed by atoms with Gasteiger partial charge in [-0.15, -0.1) is 0 Å². The zero-order valence-electron chi connectivity index (χ0n) is 10.1. The van der Waals surface area contributed by atoms with Crippen LogP contribution in [0.15, 0.2) is 0 Å². The lowest BCUT2D eigenvalue weighted by Crippen LogP contribution is -2.47. The minimum absolute atomic E-state index is 0.166. The summed E-state index contributed by atoms with van der Waals surface area (Å²) >= 11 is 0. The van der Waals surface area contributed by atoms with Crippen LogP contribution in [-0.2, 0) is 14.3 Å². The molecule has 7 heteroatoms. The second-order valence-electron chi connectivity index (χ2n) is 3.85. The maximum Gasteiger partial charge on any atom is 0.408 e. The molecular formula is C9H16N2O5. The number of hydrogen-bond acceptors (Lipinski definition) is 4. The van der Waals surface area contributed by atoms with Gasteiger partial charge in [0, 0.05) is 1.37 Å². The highest BCUT2D eigenvalue weighted by Crippen LogP contribution is 2.07. The van der Waals surface area contributed by atoms with Gasteiger partial charge in [-0.2, -0.15) is 0 Å². The van der Waals surface area contributed by atoms with Gasteiger partial charge in [-0.3, -0.25) is 9.59 Å². The van der Waals surface area contributed by atoms with Crippen molar-refractivity contribution in [3.8, 4) is 0 Å². The molecule has 0 bridgehead atoms. The van der Waals surface area contributed by atoms with Crippen LogP contribution in [0, 0.1) is 0 Å². The van der Waals surface area contributed by atoms with Crippen molar-refractivity contribution in [3.05, 3.63) is 0 Å². The van der Waals surface area contributed by atoms with Gasteiger partial charge in [-0.25, -0.2) is 4.79 Å². The number of ether oxygens (including phenoxy) is 1. The van der Waals surface area contributed by atoms with E-state index in [0.717, 1.165) is 0 Å². The van der Waals surface area contributed by atoms with Crippen LogP contribution in [0.3, 0.4) is 0 Å². The van der Waals surface area contributed by atoms with E-state index >= 15 is 0 Å². The van der Waals surface area contributed by atoms with Crippen molar-refractivity contribution in [1.29, 1.82) is 0 Å². The van der Waals surface area contributed by atoms with Gasteiger partial charge < -0.3 is 20.9 Å². The minimum atomic E-state index is -1.33. The molecule has 16 heavy (non-hydrogen) atoms. The van der Waals surface area contributed by atoms with E-state index in [9.17, 15) is 14.4 Å². The average Bonchev–Trinajstić information content (AvgIpc) is 2.15. The molecule has 2 amide bonds. The third-order valence-corrected chi connectivity index (χ3v) is 1.38. The Morgan fingerprint density at radius 1 is 1.56 bits per heavy atom. The Labute approximate surface area is 94.3 Å². The zero-order valence-corrected chi connectivity index (χ0v) is 9.15. The topological polar surface area (TPSA) is 119 Å². The first kappa shape index (κ1) is 12.3. The Hall–Kier alpha value is -1.79. The number of amides is 2. The molecule has 0 aromatic carbocycles. The maximum absolute atomic E-state index is 11.3. The summed E-state index contributed by atoms with van der Waals surface area (Å²) in [4.78, 5) is 32.6. The average molecular weight is 233 g/mol. The lowest BCUT2D eigenvalue weighted by atomic mass is 10.2. The van der Waals surface area contributed by atoms with Gasteiger partial charge >= 0.3 is 12.1 Å². The van der Waals surface area contributed by atoms with Crippen molar-refractivity contribution < 1.29 is 25.6 Å². The Balaban J connectivity index is 4.41. The molecule has 0 aliphatic rings. The molecule has 7 nitrogen and oxygen atoms in total. The molecule has 0 aliphatic carbocycles. The Bertz CT molecular complexity index is 319. The molecule has 0 aliphatic heterocycles. The van der Waals surface area contributed by atoms with E-state index in [0.29, 0.717) is 0 Å². The molecular weight excluding hydrogens is 216 g/mol. The molecule has 0 saturated carbocycles. The van der Waals surface area contributed by atoms with Crippen LogP contribution in [0.5, 0.6) is 0 Å². The first-order valence-corrected chi connectivity index (χ1v) is 4.48. The van der Waals surface area contributed by atoms with Gasteiger partial charge in [0.25, 0.3) is 0 Å². The number of carboxylic acids is 1. The van der Waals surface area contributed by atoms with Crippen molar-refractivity contribution >= 4 is 18.0 Å². The molecule has 0 fully saturated rings. The molecule has 0 heterocycles. The number of primary amides is 1. The third kappa shape index (κ3) is 6.63. The zero-order chi connectivity index (χ0) is 13.6. The minimum Gasteiger partial charge on any atom is -0.481 e. The lowest BCUT2D eigenvalue weighted by molar-refractivity contribution is -0.139. The number of carboxylic acid groups (broad SMARTS) is 1. The van der Waals surface area contributed by atoms with Crippen molar-refractivity contribution in [3.63, 3.8) is 0 Å². The summed E-state index contributed by atoms with van der Waals surface area (Å²) in [5.74, 6) is -2.23. The highest BCUT2D eigenvalue weighted by molar-refractivity contribution is 5.88. The number of nitrogens with two attached hydrogens (primary N) is 1. The van der Waals surface area contributed by atoms with E-state index in [1.54, 1.807) is 0 Å². The van der Waals surface area contributed by atoms with Gasteiger partial charge in [0.2, 0.25) is 5.91 Å². The standard InChI is InChI=1S/C9H16N2O5/c1-9(2,3)16-8(15)11-5(7(10)14)4-6(12)13/h5H,4H2,1-3H3,(H2,10,14)(H,11,15)(H,12,13)/t5-/m0/s1/i1D. The summed E-state index contributed by atoms with van der Waals surface area (Å²) in [6.07, 6.45) is -1.60. The summed E-state index contributed by atoms with van der Waals surface area (Å²) in [6.45, 7) is 2.85. The molecule has 0 spiro atoms. The summed E-state index contributed by atoms with van der Waals surface area (Å²) in [5, 5.41) is 10.5. The van der Waals surface area contributed by atoms with Crippen molar-refractivity contribution in [2.45, 2.75) is 38.8 Å². The van der Waals surface area contributed by atoms with Gasteiger partial charge in [0.1, 0.15) is 11.6 Å². The van der Waals surface area contributed by atoms with Gasteiger partial charge in [-0.1, -0.05) is 0 Å². The fourth-order valence-corrected chi connectivity index (χ4v) is 0.820. The van der Waals surface area contributed by atoms with Crippen molar-refractivity contribution in [2.24, 2.45) is 5.73 Å². The summed E-state index contributed by atoms with van der Waals surface area (Å²) in [5.41, 5.74) is 3.90. The van der Waals surface area contributed by atoms with Crippen molar-refractivity contribution in [1.82, 2.24) is 5.32 Å². The molecule has 0 saturated heterocycles. The number of carbonyl (C=O) groups is 3. The lowest BCUT2D eigenvalue weighted by Gasteiger charge is -2.21. The third-order valence-electron chi connectivity index (χ3n) is 1.38. The number of alkyl carbamates (subject to hydrolysis) is 1. The van der Waals surface area contributed by atoms with Crippen LogP contribution >= 0.6 is 0 Å². The van der Waals surface area contributed by atoms with Crippen LogP contribution in [0.1, 0.15) is 28.5 Å². The first-order chi connectivity index (χ1) is 7.68. The van der Waals surface area contributed by atoms with E-state index < -0.39 is 36.0 Å². The predicted molar refractivity (Wildman–Crippen MR) is 54.6 cm³/mol. The smallest absolute Gasteiger partial charge is 0.408 e. The number of nitrogens with one attached hydrogen (secondary N) is 1. The van der Waals surface area contributed by atoms with Crippen LogP contribution in [0.25, 0.3) is 0 Å². The summed E-state index contributed by atoms with van der Waals surface area (Å²) in [7, 11) is 0. The van der Waals surface area contributed by atoms with Crippen LogP contribution in [0.2, 0.25) is 0 Å². The van der Waals surface area contributed by atoms with Gasteiger partial charge in [-0.05, 0) is 20.7 Å². The Morgan fingerprint density at radius 3 is 2.50 bits per heavy atom. The number of carbonyl (C=O) groups excluding carboxylic acids is 2. The van der Waals surface area contributed by atoms with E-state index in [1.807, 2.05) is 5.32 Å². The molecule has 0 aromatic rings. The highest BCUT2D eigenvalue weighted by atomic mass is 16.6. The highest BCUT2D eigenvalue weighted by Gasteiger charge is 2.24. The number of rotatable bonds is 4. The Morgan fingerprint density at radius 2 is 2.12 bits per heavy atom. The van der Waals surface area contributed by atoms with E-state index in [4.69, 9.17) is 16.9 Å². The van der Waals surface area contributed by atoms with Crippen LogP contribution in [0.4, 0.5) is 4.79 Å². The second-order valence-corrected chi connectivity index (χ2v) is 3.85. The molecule has 92 valence electrons. The molecule has 0 unspecified atom stereocenters. The molecule has 0 rings (SSSR count). The normalized spacial score (nSPS) is 13.5. The molecule has 4 N–H and O–H groups in total. The Kier molecular flexibility index (Phi) is 4.10. The molecule has 0 aromatic heterocycles. The largest absolute Gasteiger partial charge is 0.481 e. The molecule has 0 radical (unpaired) electrons. The van der Waals surface area contributed by atoms with Gasteiger partial charge in [0.15, 0.2) is 0 Å². The fraction of sp³-hybridized carbons (Fsp3) is 0.667. The van der Waals surface area contributed by atoms with E-state index in [2.05, 4.69) is 0 Å². The van der Waals surface area contributed by atoms with Crippen LogP contribution in [-0.4, -0.2) is 34.7 Å². The first-order valence-electron chi connectivity index (χ1n) is 5.18. The van der Waals surface area contributed by atoms with Crippen molar-refractivity contribution in [2.75, 3.05) is 0 Å². The van der Waals surface area contributed by atoms with Crippen LogP contribution < -0.4 is 11.1 Å².